The summed E-state index contributed by atoms with van der Waals surface area (Å²) in [4.78, 5) is 6.91. The first-order valence-corrected chi connectivity index (χ1v) is 8.28. The van der Waals surface area contributed by atoms with Crippen LogP contribution in [0.5, 0.6) is 0 Å². The maximum absolute atomic E-state index is 9.42. The predicted molar refractivity (Wildman–Crippen MR) is 94.4 cm³/mol. The summed E-state index contributed by atoms with van der Waals surface area (Å²) >= 11 is 0. The fourth-order valence-corrected chi connectivity index (χ4v) is 3.28. The van der Waals surface area contributed by atoms with E-state index >= 15 is 0 Å². The Morgan fingerprint density at radius 3 is 2.57 bits per heavy atom. The van der Waals surface area contributed by atoms with Crippen LogP contribution in [0.1, 0.15) is 39.2 Å². The number of aromatic nitrogens is 1. The Hall–Kier alpha value is -2.12. The molecule has 0 bridgehead atoms. The van der Waals surface area contributed by atoms with Gasteiger partial charge in [0.2, 0.25) is 0 Å². The predicted octanol–water partition coefficient (Wildman–Crippen LogP) is 3.78. The average molecular weight is 308 g/mol. The lowest BCUT2D eigenvalue weighted by molar-refractivity contribution is 0.106. The molecular weight excluding hydrogens is 284 g/mol. The van der Waals surface area contributed by atoms with Gasteiger partial charge in [-0.25, -0.2) is 0 Å². The number of hydrogen-bond donors (Lipinski definition) is 1. The third-order valence-corrected chi connectivity index (χ3v) is 4.69. The van der Waals surface area contributed by atoms with Gasteiger partial charge in [-0.1, -0.05) is 18.2 Å². The van der Waals surface area contributed by atoms with Gasteiger partial charge in [0, 0.05) is 36.3 Å². The zero-order chi connectivity index (χ0) is 16.4. The van der Waals surface area contributed by atoms with E-state index in [0.717, 1.165) is 42.5 Å². The number of nitrogens with zero attached hydrogens (tertiary/aromatic N) is 3. The second-order valence-electron chi connectivity index (χ2n) is 7.25. The highest BCUT2D eigenvalue weighted by molar-refractivity contribution is 5.93. The number of nitriles is 1. The number of rotatable bonds is 2. The summed E-state index contributed by atoms with van der Waals surface area (Å²) in [6.45, 7) is 8.99. The van der Waals surface area contributed by atoms with Crippen LogP contribution in [-0.4, -0.2) is 34.6 Å². The normalized spacial score (nSPS) is 17.1. The molecule has 0 amide bonds. The van der Waals surface area contributed by atoms with E-state index in [2.05, 4.69) is 42.0 Å². The van der Waals surface area contributed by atoms with Gasteiger partial charge in [0.25, 0.3) is 0 Å². The van der Waals surface area contributed by atoms with Crippen LogP contribution in [0.3, 0.4) is 0 Å². The van der Waals surface area contributed by atoms with Crippen LogP contribution < -0.4 is 5.32 Å². The van der Waals surface area contributed by atoms with E-state index in [1.165, 1.54) is 0 Å². The molecule has 3 rings (SSSR count). The van der Waals surface area contributed by atoms with Crippen molar-refractivity contribution in [2.75, 3.05) is 18.4 Å². The molecule has 0 saturated carbocycles. The van der Waals surface area contributed by atoms with E-state index in [-0.39, 0.29) is 5.54 Å². The number of fused-ring (bicyclic) bond motifs is 1. The lowest BCUT2D eigenvalue weighted by Gasteiger charge is -2.41. The Morgan fingerprint density at radius 2 is 1.91 bits per heavy atom. The van der Waals surface area contributed by atoms with Gasteiger partial charge in [0.15, 0.2) is 0 Å². The van der Waals surface area contributed by atoms with Crippen molar-refractivity contribution in [1.82, 2.24) is 9.88 Å². The van der Waals surface area contributed by atoms with Gasteiger partial charge >= 0.3 is 0 Å². The average Bonchev–Trinajstić information content (AvgIpc) is 2.55. The smallest absolute Gasteiger partial charge is 0.103 e. The summed E-state index contributed by atoms with van der Waals surface area (Å²) in [5, 5.41) is 14.1. The summed E-state index contributed by atoms with van der Waals surface area (Å²) < 4.78 is 0. The Balaban J connectivity index is 1.81. The zero-order valence-corrected chi connectivity index (χ0v) is 14.1. The Bertz CT molecular complexity index is 731. The van der Waals surface area contributed by atoms with Crippen LogP contribution in [0.4, 0.5) is 5.69 Å². The van der Waals surface area contributed by atoms with Gasteiger partial charge in [-0.15, -0.1) is 0 Å². The second kappa shape index (κ2) is 6.17. The maximum Gasteiger partial charge on any atom is 0.103 e. The van der Waals surface area contributed by atoms with E-state index in [0.29, 0.717) is 11.6 Å². The molecule has 1 aliphatic heterocycles. The van der Waals surface area contributed by atoms with E-state index in [1.807, 2.05) is 24.3 Å². The molecule has 2 aromatic rings. The summed E-state index contributed by atoms with van der Waals surface area (Å²) in [6.07, 6.45) is 3.87. The van der Waals surface area contributed by atoms with Gasteiger partial charge in [-0.2, -0.15) is 5.26 Å². The van der Waals surface area contributed by atoms with Gasteiger partial charge in [0.1, 0.15) is 6.07 Å². The molecule has 1 fully saturated rings. The van der Waals surface area contributed by atoms with Crippen LogP contribution in [-0.2, 0) is 0 Å². The van der Waals surface area contributed by atoms with E-state index in [9.17, 15) is 5.26 Å². The SMILES string of the molecule is CC(C)(C)N1CCC(Nc2c(C#N)cnc3ccccc23)CC1. The van der Waals surface area contributed by atoms with Crippen molar-refractivity contribution in [3.8, 4) is 6.07 Å². The number of piperidine rings is 1. The molecule has 1 aliphatic rings. The maximum atomic E-state index is 9.42. The van der Waals surface area contributed by atoms with E-state index < -0.39 is 0 Å². The van der Waals surface area contributed by atoms with Gasteiger partial charge < -0.3 is 5.32 Å². The minimum absolute atomic E-state index is 0.228. The first-order chi connectivity index (χ1) is 11.0. The molecule has 1 N–H and O–H groups in total. The topological polar surface area (TPSA) is 52.0 Å². The first kappa shape index (κ1) is 15.8. The highest BCUT2D eigenvalue weighted by atomic mass is 15.2. The number of hydrogen-bond acceptors (Lipinski definition) is 4. The minimum atomic E-state index is 0.228. The van der Waals surface area contributed by atoms with Crippen molar-refractivity contribution in [1.29, 1.82) is 5.26 Å². The molecule has 4 heteroatoms. The summed E-state index contributed by atoms with van der Waals surface area (Å²) in [5.41, 5.74) is 2.72. The van der Waals surface area contributed by atoms with Crippen molar-refractivity contribution in [2.24, 2.45) is 0 Å². The molecule has 1 aromatic heterocycles. The van der Waals surface area contributed by atoms with Crippen LogP contribution in [0, 0.1) is 11.3 Å². The van der Waals surface area contributed by atoms with Crippen LogP contribution in [0.15, 0.2) is 30.5 Å². The van der Waals surface area contributed by atoms with Crippen molar-refractivity contribution in [2.45, 2.75) is 45.2 Å². The Kier molecular flexibility index (Phi) is 4.23. The highest BCUT2D eigenvalue weighted by Crippen LogP contribution is 2.28. The summed E-state index contributed by atoms with van der Waals surface area (Å²) in [6, 6.07) is 10.7. The molecule has 1 saturated heterocycles. The number of para-hydroxylation sites is 1. The van der Waals surface area contributed by atoms with Crippen LogP contribution >= 0.6 is 0 Å². The largest absolute Gasteiger partial charge is 0.381 e. The zero-order valence-electron chi connectivity index (χ0n) is 14.1. The highest BCUT2D eigenvalue weighted by Gasteiger charge is 2.27. The summed E-state index contributed by atoms with van der Waals surface area (Å²) in [7, 11) is 0. The van der Waals surface area contributed by atoms with Gasteiger partial charge in [-0.05, 0) is 39.7 Å². The van der Waals surface area contributed by atoms with Gasteiger partial charge in [0.05, 0.1) is 16.8 Å². The molecule has 0 spiro atoms. The molecule has 23 heavy (non-hydrogen) atoms. The fraction of sp³-hybridized carbons (Fsp3) is 0.474. The number of anilines is 1. The molecule has 0 atom stereocenters. The van der Waals surface area contributed by atoms with Crippen molar-refractivity contribution < 1.29 is 0 Å². The molecule has 4 nitrogen and oxygen atoms in total. The lowest BCUT2D eigenvalue weighted by atomic mass is 9.97. The van der Waals surface area contributed by atoms with E-state index in [1.54, 1.807) is 6.20 Å². The van der Waals surface area contributed by atoms with Crippen LogP contribution in [0.25, 0.3) is 10.9 Å². The van der Waals surface area contributed by atoms with Crippen molar-refractivity contribution in [3.05, 3.63) is 36.0 Å². The molecule has 120 valence electrons. The lowest BCUT2D eigenvalue weighted by Crippen LogP contribution is -2.48. The first-order valence-electron chi connectivity index (χ1n) is 8.28. The standard InChI is InChI=1S/C19H24N4/c1-19(2,3)23-10-8-15(9-11-23)22-18-14(12-20)13-21-17-7-5-4-6-16(17)18/h4-7,13,15H,8-11H2,1-3H3,(H,21,22). The van der Waals surface area contributed by atoms with Crippen molar-refractivity contribution >= 4 is 16.6 Å². The molecule has 2 heterocycles. The molecule has 0 aliphatic carbocycles. The molecule has 0 radical (unpaired) electrons. The third kappa shape index (κ3) is 3.30. The Labute approximate surface area is 138 Å². The Morgan fingerprint density at radius 1 is 1.22 bits per heavy atom. The number of pyridine rings is 1. The molecule has 0 unspecified atom stereocenters. The third-order valence-electron chi connectivity index (χ3n) is 4.69. The van der Waals surface area contributed by atoms with E-state index in [4.69, 9.17) is 0 Å². The fourth-order valence-electron chi connectivity index (χ4n) is 3.28. The minimum Gasteiger partial charge on any atom is -0.381 e. The quantitative estimate of drug-likeness (QED) is 0.917. The molecular formula is C19H24N4. The van der Waals surface area contributed by atoms with Crippen molar-refractivity contribution in [3.63, 3.8) is 0 Å². The van der Waals surface area contributed by atoms with Crippen LogP contribution in [0.2, 0.25) is 0 Å². The second-order valence-corrected chi connectivity index (χ2v) is 7.25. The van der Waals surface area contributed by atoms with Gasteiger partial charge in [-0.3, -0.25) is 9.88 Å². The number of benzene rings is 1. The number of likely N-dealkylation sites (tertiary alicyclic amines) is 1. The summed E-state index contributed by atoms with van der Waals surface area (Å²) in [5.74, 6) is 0. The monoisotopic (exact) mass is 308 g/mol. The number of nitrogens with one attached hydrogen (secondary N) is 1. The molecule has 1 aromatic carbocycles.